The Hall–Kier alpha value is -3.27. The van der Waals surface area contributed by atoms with Crippen molar-refractivity contribution in [2.75, 3.05) is 43.4 Å². The van der Waals surface area contributed by atoms with Gasteiger partial charge in [-0.25, -0.2) is 19.7 Å². The second-order valence-corrected chi connectivity index (χ2v) is 9.03. The van der Waals surface area contributed by atoms with Gasteiger partial charge in [-0.05, 0) is 69.2 Å². The largest absolute Gasteiger partial charge is 0.480 e. The molecule has 0 spiro atoms. The van der Waals surface area contributed by atoms with Crippen LogP contribution in [0.4, 0.5) is 11.8 Å². The van der Waals surface area contributed by atoms with E-state index in [1.165, 1.54) is 12.5 Å². The van der Waals surface area contributed by atoms with E-state index >= 15 is 0 Å². The van der Waals surface area contributed by atoms with Gasteiger partial charge in [0, 0.05) is 51.2 Å². The number of aryl methyl sites for hydroxylation is 3. The number of rotatable bonds is 14. The van der Waals surface area contributed by atoms with Crippen LogP contribution in [0.25, 0.3) is 0 Å². The maximum atomic E-state index is 11.8. The fraction of sp³-hybridized carbons (Fsp3) is 0.560. The molecule has 0 bridgehead atoms. The maximum Gasteiger partial charge on any atom is 0.326 e. The average Bonchev–Trinajstić information content (AvgIpc) is 2.84. The van der Waals surface area contributed by atoms with Gasteiger partial charge in [0.25, 0.3) is 0 Å². The first-order valence-electron chi connectivity index (χ1n) is 12.4. The lowest BCUT2D eigenvalue weighted by molar-refractivity contribution is -0.138. The first-order chi connectivity index (χ1) is 16.9. The van der Waals surface area contributed by atoms with Gasteiger partial charge in [-0.3, -0.25) is 4.79 Å². The number of unbranched alkanes of at least 4 members (excludes halogenated alkanes) is 1. The normalized spacial score (nSPS) is 13.6. The maximum absolute atomic E-state index is 11.8. The molecule has 1 aliphatic heterocycles. The Morgan fingerprint density at radius 2 is 1.97 bits per heavy atom. The van der Waals surface area contributed by atoms with Crippen molar-refractivity contribution in [2.45, 2.75) is 58.4 Å². The lowest BCUT2D eigenvalue weighted by Gasteiger charge is -2.24. The second kappa shape index (κ2) is 13.6. The highest BCUT2D eigenvalue weighted by Gasteiger charge is 2.20. The van der Waals surface area contributed by atoms with Crippen LogP contribution in [0.2, 0.25) is 0 Å². The smallest absolute Gasteiger partial charge is 0.326 e. The number of nitrogens with one attached hydrogen (secondary N) is 3. The van der Waals surface area contributed by atoms with Crippen molar-refractivity contribution < 1.29 is 14.7 Å². The van der Waals surface area contributed by atoms with Crippen LogP contribution in [0.1, 0.15) is 49.4 Å². The molecule has 2 aromatic rings. The van der Waals surface area contributed by atoms with Gasteiger partial charge in [0.05, 0.1) is 0 Å². The Morgan fingerprint density at radius 1 is 1.17 bits per heavy atom. The molecule has 3 heterocycles. The Labute approximate surface area is 207 Å². The summed E-state index contributed by atoms with van der Waals surface area (Å²) in [6, 6.07) is 3.50. The fourth-order valence-electron chi connectivity index (χ4n) is 4.07. The number of carbonyl (C=O) groups excluding carboxylic acids is 1. The zero-order valence-electron chi connectivity index (χ0n) is 20.7. The van der Waals surface area contributed by atoms with Crippen LogP contribution in [-0.2, 0) is 22.4 Å². The van der Waals surface area contributed by atoms with Gasteiger partial charge < -0.3 is 26.0 Å². The van der Waals surface area contributed by atoms with E-state index in [2.05, 4.69) is 43.0 Å². The third kappa shape index (κ3) is 9.12. The quantitative estimate of drug-likeness (QED) is 0.299. The van der Waals surface area contributed by atoms with Gasteiger partial charge in [-0.15, -0.1) is 0 Å². The second-order valence-electron chi connectivity index (χ2n) is 9.03. The number of hydrogen-bond acceptors (Lipinski definition) is 8. The molecular formula is C25H37N7O3. The van der Waals surface area contributed by atoms with Crippen molar-refractivity contribution in [3.05, 3.63) is 41.3 Å². The van der Waals surface area contributed by atoms with Gasteiger partial charge in [-0.1, -0.05) is 6.07 Å². The van der Waals surface area contributed by atoms with Gasteiger partial charge >= 0.3 is 5.97 Å². The van der Waals surface area contributed by atoms with E-state index in [4.69, 9.17) is 4.98 Å². The van der Waals surface area contributed by atoms with Gasteiger partial charge in [0.2, 0.25) is 11.9 Å². The summed E-state index contributed by atoms with van der Waals surface area (Å²) in [6.07, 6.45) is 8.78. The molecule has 4 N–H and O–H groups in total. The highest BCUT2D eigenvalue weighted by molar-refractivity contribution is 5.76. The van der Waals surface area contributed by atoms with E-state index in [0.29, 0.717) is 32.0 Å². The number of carboxylic acids is 1. The predicted molar refractivity (Wildman–Crippen MR) is 136 cm³/mol. The number of pyridine rings is 1. The standard InChI is InChI=1S/C25H37N7O3/c1-18-16-28-25(29-17-18)31-22(24(34)35)10-14-32(15-12-26-19(2)33)13-4-3-7-21-9-8-20-6-5-11-27-23(20)30-21/h8-9,16-17,22H,3-7,10-15H2,1-2H3,(H,26,33)(H,27,30)(H,34,35)(H,28,29,31)/t22-/m0/s1. The number of carboxylic acid groups (broad SMARTS) is 1. The first kappa shape index (κ1) is 26.3. The minimum Gasteiger partial charge on any atom is -0.480 e. The van der Waals surface area contributed by atoms with Gasteiger partial charge in [0.1, 0.15) is 11.9 Å². The molecule has 1 aliphatic rings. The summed E-state index contributed by atoms with van der Waals surface area (Å²) >= 11 is 0. The lowest BCUT2D eigenvalue weighted by Crippen LogP contribution is -2.39. The van der Waals surface area contributed by atoms with E-state index in [1.807, 2.05) is 6.92 Å². The number of amides is 1. The molecule has 35 heavy (non-hydrogen) atoms. The number of anilines is 2. The molecule has 0 radical (unpaired) electrons. The molecular weight excluding hydrogens is 446 g/mol. The Kier molecular flexibility index (Phi) is 10.2. The van der Waals surface area contributed by atoms with Crippen molar-refractivity contribution in [1.82, 2.24) is 25.2 Å². The summed E-state index contributed by atoms with van der Waals surface area (Å²) in [4.78, 5) is 38.4. The Bertz CT molecular complexity index is 968. The topological polar surface area (TPSA) is 132 Å². The molecule has 10 heteroatoms. The number of aliphatic carboxylic acids is 1. The minimum atomic E-state index is -0.942. The summed E-state index contributed by atoms with van der Waals surface area (Å²) < 4.78 is 0. The SMILES string of the molecule is CC(=O)NCCN(CCCCc1ccc2c(n1)NCCC2)CC[C@H](Nc1ncc(C)cn1)C(=O)O. The van der Waals surface area contributed by atoms with E-state index in [1.54, 1.807) is 12.4 Å². The molecule has 2 aromatic heterocycles. The molecule has 0 fully saturated rings. The van der Waals surface area contributed by atoms with Crippen LogP contribution in [0.5, 0.6) is 0 Å². The molecule has 0 unspecified atom stereocenters. The molecule has 3 rings (SSSR count). The van der Waals surface area contributed by atoms with Crippen LogP contribution < -0.4 is 16.0 Å². The highest BCUT2D eigenvalue weighted by Crippen LogP contribution is 2.20. The third-order valence-corrected chi connectivity index (χ3v) is 6.03. The number of hydrogen-bond donors (Lipinski definition) is 4. The molecule has 0 aliphatic carbocycles. The zero-order chi connectivity index (χ0) is 25.0. The Morgan fingerprint density at radius 3 is 2.71 bits per heavy atom. The first-order valence-corrected chi connectivity index (χ1v) is 12.4. The zero-order valence-corrected chi connectivity index (χ0v) is 20.7. The lowest BCUT2D eigenvalue weighted by atomic mass is 10.1. The van der Waals surface area contributed by atoms with Gasteiger partial charge in [-0.2, -0.15) is 0 Å². The van der Waals surface area contributed by atoms with Crippen LogP contribution in [0.3, 0.4) is 0 Å². The molecule has 0 saturated heterocycles. The molecule has 10 nitrogen and oxygen atoms in total. The number of aromatic nitrogens is 3. The molecule has 0 saturated carbocycles. The predicted octanol–water partition coefficient (Wildman–Crippen LogP) is 2.25. The number of fused-ring (bicyclic) bond motifs is 1. The molecule has 190 valence electrons. The van der Waals surface area contributed by atoms with Crippen LogP contribution in [0.15, 0.2) is 24.5 Å². The molecule has 1 amide bonds. The van der Waals surface area contributed by atoms with E-state index < -0.39 is 12.0 Å². The van der Waals surface area contributed by atoms with Crippen LogP contribution in [0, 0.1) is 6.92 Å². The van der Waals surface area contributed by atoms with Crippen molar-refractivity contribution >= 4 is 23.6 Å². The monoisotopic (exact) mass is 483 g/mol. The summed E-state index contributed by atoms with van der Waals surface area (Å²) in [5, 5.41) is 18.8. The van der Waals surface area contributed by atoms with Crippen molar-refractivity contribution in [3.63, 3.8) is 0 Å². The summed E-state index contributed by atoms with van der Waals surface area (Å²) in [7, 11) is 0. The van der Waals surface area contributed by atoms with Crippen LogP contribution in [-0.4, -0.2) is 75.6 Å². The molecule has 1 atom stereocenters. The average molecular weight is 484 g/mol. The van der Waals surface area contributed by atoms with Crippen LogP contribution >= 0.6 is 0 Å². The number of nitrogens with zero attached hydrogens (tertiary/aromatic N) is 4. The Balaban J connectivity index is 1.49. The van der Waals surface area contributed by atoms with Gasteiger partial charge in [0.15, 0.2) is 0 Å². The van der Waals surface area contributed by atoms with E-state index in [-0.39, 0.29) is 5.91 Å². The summed E-state index contributed by atoms with van der Waals surface area (Å²) in [5.74, 6) is 0.317. The van der Waals surface area contributed by atoms with E-state index in [9.17, 15) is 14.7 Å². The highest BCUT2D eigenvalue weighted by atomic mass is 16.4. The molecule has 0 aromatic carbocycles. The fourth-order valence-corrected chi connectivity index (χ4v) is 4.07. The summed E-state index contributed by atoms with van der Waals surface area (Å²) in [5.41, 5.74) is 3.30. The van der Waals surface area contributed by atoms with E-state index in [0.717, 1.165) is 62.3 Å². The minimum absolute atomic E-state index is 0.0707. The van der Waals surface area contributed by atoms with Crippen molar-refractivity contribution in [2.24, 2.45) is 0 Å². The third-order valence-electron chi connectivity index (χ3n) is 6.03. The van der Waals surface area contributed by atoms with Crippen molar-refractivity contribution in [1.29, 1.82) is 0 Å². The summed E-state index contributed by atoms with van der Waals surface area (Å²) in [6.45, 7) is 6.94. The number of carbonyl (C=O) groups is 2. The van der Waals surface area contributed by atoms with Crippen molar-refractivity contribution in [3.8, 4) is 0 Å².